The molecule has 1 aromatic rings. The number of rotatable bonds is 4. The molecule has 2 atom stereocenters. The van der Waals surface area contributed by atoms with Crippen LogP contribution < -0.4 is 0 Å². The van der Waals surface area contributed by atoms with Gasteiger partial charge < -0.3 is 14.6 Å². The minimum absolute atomic E-state index is 0.0137. The first-order valence-corrected chi connectivity index (χ1v) is 5.22. The van der Waals surface area contributed by atoms with Crippen LogP contribution in [0, 0.1) is 0 Å². The van der Waals surface area contributed by atoms with E-state index in [9.17, 15) is 0 Å². The van der Waals surface area contributed by atoms with Crippen molar-refractivity contribution < 1.29 is 14.6 Å². The molecule has 84 valence electrons. The molecule has 1 aliphatic heterocycles. The van der Waals surface area contributed by atoms with Crippen LogP contribution >= 0.6 is 0 Å². The SMILES string of the molecule is CCCC1(n2ccnc2)OCC(CO)O1. The zero-order chi connectivity index (χ0) is 10.7. The lowest BCUT2D eigenvalue weighted by Gasteiger charge is -2.28. The van der Waals surface area contributed by atoms with E-state index in [-0.39, 0.29) is 12.7 Å². The number of aliphatic hydroxyl groups is 1. The Kier molecular flexibility index (Phi) is 3.04. The third-order valence-electron chi connectivity index (χ3n) is 2.51. The first-order valence-electron chi connectivity index (χ1n) is 5.22. The van der Waals surface area contributed by atoms with Crippen LogP contribution in [0.5, 0.6) is 0 Å². The van der Waals surface area contributed by atoms with Gasteiger partial charge in [-0.3, -0.25) is 4.57 Å². The molecule has 2 unspecified atom stereocenters. The molecule has 5 heteroatoms. The van der Waals surface area contributed by atoms with Gasteiger partial charge in [-0.15, -0.1) is 0 Å². The Hall–Kier alpha value is -0.910. The van der Waals surface area contributed by atoms with Gasteiger partial charge >= 0.3 is 0 Å². The van der Waals surface area contributed by atoms with Crippen molar-refractivity contribution in [3.63, 3.8) is 0 Å². The summed E-state index contributed by atoms with van der Waals surface area (Å²) in [7, 11) is 0. The molecule has 0 aromatic carbocycles. The Balaban J connectivity index is 2.19. The van der Waals surface area contributed by atoms with Gasteiger partial charge in [-0.1, -0.05) is 6.92 Å². The molecule has 0 radical (unpaired) electrons. The predicted octanol–water partition coefficient (Wildman–Crippen LogP) is 0.701. The number of hydrogen-bond acceptors (Lipinski definition) is 4. The third-order valence-corrected chi connectivity index (χ3v) is 2.51. The van der Waals surface area contributed by atoms with Crippen LogP contribution in [0.1, 0.15) is 19.8 Å². The summed E-state index contributed by atoms with van der Waals surface area (Å²) in [5, 5.41) is 9.03. The third kappa shape index (κ3) is 1.90. The summed E-state index contributed by atoms with van der Waals surface area (Å²) in [6.45, 7) is 2.48. The van der Waals surface area contributed by atoms with E-state index in [0.29, 0.717) is 6.61 Å². The average Bonchev–Trinajstić information content (AvgIpc) is 2.86. The summed E-state index contributed by atoms with van der Waals surface area (Å²) in [5.74, 6) is -0.765. The Morgan fingerprint density at radius 2 is 2.53 bits per heavy atom. The van der Waals surface area contributed by atoms with Crippen LogP contribution in [0.15, 0.2) is 18.7 Å². The maximum Gasteiger partial charge on any atom is 0.256 e. The highest BCUT2D eigenvalue weighted by Gasteiger charge is 2.42. The van der Waals surface area contributed by atoms with E-state index in [1.165, 1.54) is 0 Å². The quantitative estimate of drug-likeness (QED) is 0.798. The monoisotopic (exact) mass is 212 g/mol. The second kappa shape index (κ2) is 4.30. The molecule has 0 amide bonds. The normalized spacial score (nSPS) is 30.9. The Bertz CT molecular complexity index is 302. The van der Waals surface area contributed by atoms with Crippen LogP contribution in [0.4, 0.5) is 0 Å². The van der Waals surface area contributed by atoms with Crippen molar-refractivity contribution in [1.29, 1.82) is 0 Å². The van der Waals surface area contributed by atoms with Crippen molar-refractivity contribution in [2.24, 2.45) is 0 Å². The van der Waals surface area contributed by atoms with Crippen molar-refractivity contribution in [3.05, 3.63) is 18.7 Å². The zero-order valence-corrected chi connectivity index (χ0v) is 8.80. The lowest BCUT2D eigenvalue weighted by atomic mass is 10.2. The molecule has 15 heavy (non-hydrogen) atoms. The van der Waals surface area contributed by atoms with Crippen molar-refractivity contribution >= 4 is 0 Å². The smallest absolute Gasteiger partial charge is 0.256 e. The Morgan fingerprint density at radius 1 is 1.67 bits per heavy atom. The van der Waals surface area contributed by atoms with Gasteiger partial charge in [0.15, 0.2) is 0 Å². The van der Waals surface area contributed by atoms with Gasteiger partial charge in [0.1, 0.15) is 6.10 Å². The van der Waals surface area contributed by atoms with Crippen molar-refractivity contribution in [3.8, 4) is 0 Å². The highest BCUT2D eigenvalue weighted by atomic mass is 16.8. The fourth-order valence-corrected chi connectivity index (χ4v) is 1.81. The molecular weight excluding hydrogens is 196 g/mol. The van der Waals surface area contributed by atoms with E-state index < -0.39 is 5.91 Å². The van der Waals surface area contributed by atoms with Crippen LogP contribution in [0.2, 0.25) is 0 Å². The van der Waals surface area contributed by atoms with E-state index in [2.05, 4.69) is 11.9 Å². The van der Waals surface area contributed by atoms with Crippen molar-refractivity contribution in [1.82, 2.24) is 9.55 Å². The summed E-state index contributed by atoms with van der Waals surface area (Å²) >= 11 is 0. The second-order valence-electron chi connectivity index (χ2n) is 3.67. The van der Waals surface area contributed by atoms with Gasteiger partial charge in [-0.05, 0) is 6.42 Å². The number of ether oxygens (including phenoxy) is 2. The lowest BCUT2D eigenvalue weighted by molar-refractivity contribution is -0.239. The van der Waals surface area contributed by atoms with E-state index in [1.54, 1.807) is 12.5 Å². The molecule has 1 saturated heterocycles. The summed E-state index contributed by atoms with van der Waals surface area (Å²) in [5.41, 5.74) is 0. The fourth-order valence-electron chi connectivity index (χ4n) is 1.81. The highest BCUT2D eigenvalue weighted by Crippen LogP contribution is 2.33. The van der Waals surface area contributed by atoms with Crippen LogP contribution in [-0.4, -0.2) is 34.0 Å². The molecule has 0 saturated carbocycles. The summed E-state index contributed by atoms with van der Waals surface area (Å²) in [6, 6.07) is 0. The molecule has 5 nitrogen and oxygen atoms in total. The molecule has 2 rings (SSSR count). The first-order chi connectivity index (χ1) is 7.30. The molecule has 0 spiro atoms. The molecule has 2 heterocycles. The standard InChI is InChI=1S/C10H16N2O3/c1-2-3-10(12-5-4-11-8-12)14-7-9(6-13)15-10/h4-5,8-9,13H,2-3,6-7H2,1H3. The minimum Gasteiger partial charge on any atom is -0.394 e. The number of imidazole rings is 1. The molecule has 1 fully saturated rings. The number of hydrogen-bond donors (Lipinski definition) is 1. The Morgan fingerprint density at radius 3 is 3.07 bits per heavy atom. The second-order valence-corrected chi connectivity index (χ2v) is 3.67. The topological polar surface area (TPSA) is 56.5 Å². The van der Waals surface area contributed by atoms with Gasteiger partial charge in [-0.25, -0.2) is 4.98 Å². The van der Waals surface area contributed by atoms with Crippen molar-refractivity contribution in [2.45, 2.75) is 31.8 Å². The lowest BCUT2D eigenvalue weighted by Crippen LogP contribution is -2.34. The average molecular weight is 212 g/mol. The van der Waals surface area contributed by atoms with Gasteiger partial charge in [-0.2, -0.15) is 0 Å². The van der Waals surface area contributed by atoms with Crippen molar-refractivity contribution in [2.75, 3.05) is 13.2 Å². The molecule has 0 aliphatic carbocycles. The van der Waals surface area contributed by atoms with Gasteiger partial charge in [0, 0.05) is 18.8 Å². The van der Waals surface area contributed by atoms with Gasteiger partial charge in [0.25, 0.3) is 5.91 Å². The summed E-state index contributed by atoms with van der Waals surface area (Å²) < 4.78 is 13.2. The van der Waals surface area contributed by atoms with Gasteiger partial charge in [0.05, 0.1) is 19.5 Å². The zero-order valence-electron chi connectivity index (χ0n) is 8.80. The Labute approximate surface area is 88.6 Å². The largest absolute Gasteiger partial charge is 0.394 e. The maximum atomic E-state index is 9.03. The van der Waals surface area contributed by atoms with Crippen LogP contribution in [0.3, 0.4) is 0 Å². The molecule has 1 N–H and O–H groups in total. The molecule has 0 bridgehead atoms. The van der Waals surface area contributed by atoms with Crippen LogP contribution in [0.25, 0.3) is 0 Å². The number of aromatic nitrogens is 2. The van der Waals surface area contributed by atoms with E-state index in [4.69, 9.17) is 14.6 Å². The van der Waals surface area contributed by atoms with Crippen LogP contribution in [-0.2, 0) is 15.4 Å². The number of nitrogens with zero attached hydrogens (tertiary/aromatic N) is 2. The molecule has 1 aromatic heterocycles. The maximum absolute atomic E-state index is 9.03. The summed E-state index contributed by atoms with van der Waals surface area (Å²) in [4.78, 5) is 3.99. The van der Waals surface area contributed by atoms with E-state index in [1.807, 2.05) is 10.8 Å². The highest BCUT2D eigenvalue weighted by molar-refractivity contribution is 4.84. The van der Waals surface area contributed by atoms with E-state index in [0.717, 1.165) is 12.8 Å². The molecular formula is C10H16N2O3. The summed E-state index contributed by atoms with van der Waals surface area (Å²) in [6.07, 6.45) is 6.64. The van der Waals surface area contributed by atoms with E-state index >= 15 is 0 Å². The minimum atomic E-state index is -0.765. The number of aliphatic hydroxyl groups excluding tert-OH is 1. The molecule has 1 aliphatic rings. The first kappa shape index (κ1) is 10.6. The van der Waals surface area contributed by atoms with Gasteiger partial charge in [0.2, 0.25) is 0 Å². The predicted molar refractivity (Wildman–Crippen MR) is 53.0 cm³/mol. The fraction of sp³-hybridized carbons (Fsp3) is 0.700.